The summed E-state index contributed by atoms with van der Waals surface area (Å²) in [4.78, 5) is 28.9. The molecule has 7 atom stereocenters. The van der Waals surface area contributed by atoms with E-state index in [4.69, 9.17) is 0 Å². The number of rotatable bonds is 2. The molecule has 1 saturated heterocycles. The van der Waals surface area contributed by atoms with Crippen molar-refractivity contribution in [3.05, 3.63) is 41.5 Å². The van der Waals surface area contributed by atoms with E-state index in [1.54, 1.807) is 11.1 Å². The van der Waals surface area contributed by atoms with Crippen LogP contribution >= 0.6 is 0 Å². The van der Waals surface area contributed by atoms with Crippen molar-refractivity contribution in [3.63, 3.8) is 0 Å². The van der Waals surface area contributed by atoms with Gasteiger partial charge in [0, 0.05) is 8.07 Å². The first-order valence-corrected chi connectivity index (χ1v) is 14.9. The van der Waals surface area contributed by atoms with E-state index in [-0.39, 0.29) is 23.7 Å². The first-order valence-electron chi connectivity index (χ1n) is 11.3. The van der Waals surface area contributed by atoms with Crippen molar-refractivity contribution in [1.29, 1.82) is 0 Å². The molecular formula is C25H31NO2Si. The number of para-hydroxylation sites is 1. The predicted octanol–water partition coefficient (Wildman–Crippen LogP) is 5.12. The van der Waals surface area contributed by atoms with Gasteiger partial charge in [-0.3, -0.25) is 14.5 Å². The SMILES string of the molecule is CC1(C)[C@H]2CC3=C([C@H]4[C@@H]5C(=O)N(c6ccccc6)C(=O)[C@H]5[C@H]3[C@@H]4[Si](C)(C)C)[C@H]1C2. The second kappa shape index (κ2) is 5.32. The normalized spacial score (nSPS) is 41.6. The third-order valence-electron chi connectivity index (χ3n) is 9.40. The summed E-state index contributed by atoms with van der Waals surface area (Å²) in [7, 11) is -1.52. The summed E-state index contributed by atoms with van der Waals surface area (Å²) in [6.07, 6.45) is 2.48. The number of imide groups is 1. The van der Waals surface area contributed by atoms with Crippen LogP contribution in [0.25, 0.3) is 0 Å². The second-order valence-corrected chi connectivity index (χ2v) is 17.2. The molecule has 1 aromatic carbocycles. The van der Waals surface area contributed by atoms with Crippen molar-refractivity contribution in [3.8, 4) is 0 Å². The van der Waals surface area contributed by atoms with Gasteiger partial charge in [0.25, 0.3) is 0 Å². The number of benzene rings is 1. The van der Waals surface area contributed by atoms with Gasteiger partial charge in [-0.2, -0.15) is 0 Å². The Bertz CT molecular complexity index is 972. The molecule has 1 heterocycles. The molecule has 5 aliphatic carbocycles. The maximum absolute atomic E-state index is 13.7. The number of carbonyl (C=O) groups is 2. The summed E-state index contributed by atoms with van der Waals surface area (Å²) in [5.41, 5.74) is 4.95. The van der Waals surface area contributed by atoms with Crippen LogP contribution in [0.2, 0.25) is 25.2 Å². The zero-order chi connectivity index (χ0) is 20.5. The summed E-state index contributed by atoms with van der Waals surface area (Å²) in [6.45, 7) is 12.2. The van der Waals surface area contributed by atoms with E-state index in [1.165, 1.54) is 17.7 Å². The molecule has 0 unspecified atom stereocenters. The molecule has 2 amide bonds. The van der Waals surface area contributed by atoms with E-state index < -0.39 is 8.07 Å². The Morgan fingerprint density at radius 1 is 0.931 bits per heavy atom. The van der Waals surface area contributed by atoms with Crippen molar-refractivity contribution in [1.82, 2.24) is 0 Å². The molecule has 152 valence electrons. The monoisotopic (exact) mass is 405 g/mol. The third-order valence-corrected chi connectivity index (χ3v) is 12.1. The Labute approximate surface area is 174 Å². The van der Waals surface area contributed by atoms with Crippen LogP contribution in [0.3, 0.4) is 0 Å². The largest absolute Gasteiger partial charge is 0.274 e. The summed E-state index contributed by atoms with van der Waals surface area (Å²) in [5, 5.41) is 0. The number of amides is 2. The Balaban J connectivity index is 1.48. The lowest BCUT2D eigenvalue weighted by Gasteiger charge is -2.59. The zero-order valence-electron chi connectivity index (χ0n) is 18.1. The van der Waals surface area contributed by atoms with Crippen molar-refractivity contribution >= 4 is 25.6 Å². The van der Waals surface area contributed by atoms with Crippen LogP contribution < -0.4 is 4.90 Å². The van der Waals surface area contributed by atoms with Crippen LogP contribution in [0.1, 0.15) is 26.7 Å². The van der Waals surface area contributed by atoms with E-state index >= 15 is 0 Å². The molecule has 0 aromatic heterocycles. The van der Waals surface area contributed by atoms with Gasteiger partial charge in [-0.1, -0.05) is 62.8 Å². The van der Waals surface area contributed by atoms with E-state index in [9.17, 15) is 9.59 Å². The number of fused-ring (bicyclic) bond motifs is 5. The highest BCUT2D eigenvalue weighted by Crippen LogP contribution is 2.76. The first kappa shape index (κ1) is 18.1. The number of anilines is 1. The lowest BCUT2D eigenvalue weighted by atomic mass is 9.45. The van der Waals surface area contributed by atoms with Crippen molar-refractivity contribution in [2.75, 3.05) is 4.90 Å². The lowest BCUT2D eigenvalue weighted by molar-refractivity contribution is -0.123. The summed E-state index contributed by atoms with van der Waals surface area (Å²) < 4.78 is 0. The lowest BCUT2D eigenvalue weighted by Crippen LogP contribution is -2.51. The van der Waals surface area contributed by atoms with E-state index in [1.807, 2.05) is 30.3 Å². The smallest absolute Gasteiger partial charge is 0.238 e. The third kappa shape index (κ3) is 2.00. The molecule has 0 spiro atoms. The molecule has 4 bridgehead atoms. The molecule has 2 saturated carbocycles. The van der Waals surface area contributed by atoms with Crippen molar-refractivity contribution < 1.29 is 9.59 Å². The molecule has 7 rings (SSSR count). The number of hydrogen-bond acceptors (Lipinski definition) is 2. The molecule has 0 N–H and O–H groups in total. The summed E-state index contributed by atoms with van der Waals surface area (Å²) in [6, 6.07) is 9.59. The topological polar surface area (TPSA) is 37.4 Å². The van der Waals surface area contributed by atoms with Crippen LogP contribution in [0.5, 0.6) is 0 Å². The van der Waals surface area contributed by atoms with Crippen molar-refractivity contribution in [2.45, 2.75) is 51.9 Å². The van der Waals surface area contributed by atoms with Crippen LogP contribution in [-0.4, -0.2) is 19.9 Å². The first-order chi connectivity index (χ1) is 13.6. The highest BCUT2D eigenvalue weighted by Gasteiger charge is 2.73. The van der Waals surface area contributed by atoms with Gasteiger partial charge in [0.15, 0.2) is 0 Å². The Morgan fingerprint density at radius 3 is 2.14 bits per heavy atom. The summed E-state index contributed by atoms with van der Waals surface area (Å²) >= 11 is 0. The number of allylic oxidation sites excluding steroid dienone is 2. The van der Waals surface area contributed by atoms with Crippen LogP contribution in [-0.2, 0) is 9.59 Å². The maximum Gasteiger partial charge on any atom is 0.238 e. The standard InChI is InChI=1S/C25H31NO2Si/c1-25(2)13-11-15-17(16(25)12-13)19-21-20(18(15)22(19)29(3,4)5)23(27)26(24(21)28)14-9-7-6-8-10-14/h6-10,13,16,18-22H,11-12H2,1-5H3/t13-,16+,18-,19-,20-,21-,22-/m0/s1. The zero-order valence-corrected chi connectivity index (χ0v) is 19.1. The average Bonchev–Trinajstić information content (AvgIpc) is 3.28. The highest BCUT2D eigenvalue weighted by atomic mass is 28.3. The number of carbonyl (C=O) groups excluding carboxylic acids is 2. The van der Waals surface area contributed by atoms with Gasteiger partial charge in [-0.05, 0) is 59.6 Å². The van der Waals surface area contributed by atoms with Crippen molar-refractivity contribution in [2.24, 2.45) is 40.9 Å². The molecule has 1 aliphatic heterocycles. The fourth-order valence-electron chi connectivity index (χ4n) is 8.14. The van der Waals surface area contributed by atoms with Gasteiger partial charge >= 0.3 is 0 Å². The quantitative estimate of drug-likeness (QED) is 0.389. The van der Waals surface area contributed by atoms with Gasteiger partial charge < -0.3 is 0 Å². The Hall–Kier alpha value is -1.68. The minimum atomic E-state index is -1.52. The second-order valence-electron chi connectivity index (χ2n) is 11.8. The fraction of sp³-hybridized carbons (Fsp3) is 0.600. The van der Waals surface area contributed by atoms with Gasteiger partial charge in [0.1, 0.15) is 0 Å². The molecule has 1 aromatic rings. The molecule has 3 fully saturated rings. The van der Waals surface area contributed by atoms with Gasteiger partial charge in [0.05, 0.1) is 17.5 Å². The average molecular weight is 406 g/mol. The predicted molar refractivity (Wildman–Crippen MR) is 117 cm³/mol. The van der Waals surface area contributed by atoms with E-state index in [0.29, 0.717) is 28.7 Å². The fourth-order valence-corrected chi connectivity index (χ4v) is 11.1. The Kier molecular flexibility index (Phi) is 3.32. The molecule has 0 radical (unpaired) electrons. The molecule has 6 aliphatic rings. The maximum atomic E-state index is 13.7. The minimum absolute atomic E-state index is 0.0759. The van der Waals surface area contributed by atoms with Crippen LogP contribution in [0.15, 0.2) is 41.5 Å². The number of hydrogen-bond donors (Lipinski definition) is 0. The van der Waals surface area contributed by atoms with Crippen LogP contribution in [0, 0.1) is 40.9 Å². The van der Waals surface area contributed by atoms with E-state index in [0.717, 1.165) is 11.6 Å². The molecule has 4 heteroatoms. The van der Waals surface area contributed by atoms with Gasteiger partial charge in [0.2, 0.25) is 11.8 Å². The molecular weight excluding hydrogens is 374 g/mol. The van der Waals surface area contributed by atoms with Crippen LogP contribution in [0.4, 0.5) is 5.69 Å². The Morgan fingerprint density at radius 2 is 1.55 bits per heavy atom. The molecule has 29 heavy (non-hydrogen) atoms. The highest BCUT2D eigenvalue weighted by molar-refractivity contribution is 6.78. The van der Waals surface area contributed by atoms with Gasteiger partial charge in [-0.15, -0.1) is 0 Å². The van der Waals surface area contributed by atoms with Gasteiger partial charge in [-0.25, -0.2) is 0 Å². The molecule has 3 nitrogen and oxygen atoms in total. The minimum Gasteiger partial charge on any atom is -0.274 e. The number of nitrogens with zero attached hydrogens (tertiary/aromatic N) is 1. The summed E-state index contributed by atoms with van der Waals surface area (Å²) in [5.74, 6) is 1.99. The van der Waals surface area contributed by atoms with E-state index in [2.05, 4.69) is 33.5 Å².